The first-order chi connectivity index (χ1) is 4.74. The van der Waals surface area contributed by atoms with E-state index < -0.39 is 0 Å². The lowest BCUT2D eigenvalue weighted by atomic mass is 10.3. The quantitative estimate of drug-likeness (QED) is 0.661. The van der Waals surface area contributed by atoms with Crippen LogP contribution in [-0.4, -0.2) is 11.4 Å². The molecular formula is C7H7ClOS. The molecule has 3 heteroatoms. The molecule has 0 radical (unpaired) electrons. The molecule has 0 amide bonds. The van der Waals surface area contributed by atoms with Gasteiger partial charge in [-0.2, -0.15) is 0 Å². The van der Waals surface area contributed by atoms with E-state index in [0.29, 0.717) is 5.02 Å². The van der Waals surface area contributed by atoms with Crippen molar-refractivity contribution in [1.29, 1.82) is 0 Å². The Morgan fingerprint density at radius 2 is 2.20 bits per heavy atom. The van der Waals surface area contributed by atoms with Crippen molar-refractivity contribution >= 4 is 23.4 Å². The number of rotatable bonds is 1. The van der Waals surface area contributed by atoms with E-state index >= 15 is 0 Å². The first-order valence-corrected chi connectivity index (χ1v) is 4.37. The molecule has 1 nitrogen and oxygen atoms in total. The Morgan fingerprint density at radius 1 is 1.50 bits per heavy atom. The van der Waals surface area contributed by atoms with Gasteiger partial charge in [0.05, 0.1) is 0 Å². The van der Waals surface area contributed by atoms with Crippen LogP contribution in [0.25, 0.3) is 0 Å². The number of hydrogen-bond acceptors (Lipinski definition) is 2. The van der Waals surface area contributed by atoms with Gasteiger partial charge in [0.1, 0.15) is 5.75 Å². The average Bonchev–Trinajstić information content (AvgIpc) is 1.88. The third-order valence-electron chi connectivity index (χ3n) is 1.14. The van der Waals surface area contributed by atoms with E-state index in [1.807, 2.05) is 6.26 Å². The first-order valence-electron chi connectivity index (χ1n) is 2.76. The zero-order valence-corrected chi connectivity index (χ0v) is 7.04. The summed E-state index contributed by atoms with van der Waals surface area (Å²) in [6, 6.07) is 5.09. The summed E-state index contributed by atoms with van der Waals surface area (Å²) in [5, 5.41) is 9.75. The number of aromatic hydroxyl groups is 1. The highest BCUT2D eigenvalue weighted by atomic mass is 35.5. The van der Waals surface area contributed by atoms with Crippen LogP contribution in [0.1, 0.15) is 0 Å². The van der Waals surface area contributed by atoms with Crippen LogP contribution in [0.2, 0.25) is 5.02 Å². The van der Waals surface area contributed by atoms with Gasteiger partial charge in [-0.15, -0.1) is 11.8 Å². The Balaban J connectivity index is 3.07. The third kappa shape index (κ3) is 1.58. The molecule has 54 valence electrons. The van der Waals surface area contributed by atoms with E-state index in [4.69, 9.17) is 11.6 Å². The molecule has 1 N–H and O–H groups in total. The molecule has 0 unspecified atom stereocenters. The van der Waals surface area contributed by atoms with Gasteiger partial charge < -0.3 is 5.11 Å². The molecule has 0 saturated heterocycles. The van der Waals surface area contributed by atoms with Crippen molar-refractivity contribution in [3.8, 4) is 5.75 Å². The first kappa shape index (κ1) is 7.76. The monoisotopic (exact) mass is 174 g/mol. The van der Waals surface area contributed by atoms with E-state index in [2.05, 4.69) is 0 Å². The van der Waals surface area contributed by atoms with E-state index in [-0.39, 0.29) is 5.75 Å². The number of thioether (sulfide) groups is 1. The fourth-order valence-corrected chi connectivity index (χ4v) is 1.30. The van der Waals surface area contributed by atoms with Gasteiger partial charge in [0.15, 0.2) is 0 Å². The molecule has 0 aliphatic rings. The molecule has 0 fully saturated rings. The van der Waals surface area contributed by atoms with Gasteiger partial charge >= 0.3 is 0 Å². The summed E-state index contributed by atoms with van der Waals surface area (Å²) in [4.78, 5) is 0.851. The van der Waals surface area contributed by atoms with Gasteiger partial charge in [-0.1, -0.05) is 11.6 Å². The average molecular weight is 175 g/mol. The number of phenolic OH excluding ortho intramolecular Hbond substituents is 1. The zero-order valence-electron chi connectivity index (χ0n) is 5.47. The Labute approximate surface area is 69.0 Å². The molecule has 0 heterocycles. The molecule has 0 saturated carbocycles. The van der Waals surface area contributed by atoms with Crippen molar-refractivity contribution in [2.45, 2.75) is 4.90 Å². The van der Waals surface area contributed by atoms with Gasteiger partial charge in [0.2, 0.25) is 0 Å². The van der Waals surface area contributed by atoms with Crippen LogP contribution >= 0.6 is 23.4 Å². The Bertz CT molecular complexity index is 237. The maximum Gasteiger partial charge on any atom is 0.130 e. The van der Waals surface area contributed by atoms with Crippen LogP contribution in [0, 0.1) is 0 Å². The largest absolute Gasteiger partial charge is 0.507 e. The van der Waals surface area contributed by atoms with Crippen molar-refractivity contribution in [2.75, 3.05) is 6.26 Å². The van der Waals surface area contributed by atoms with Crippen molar-refractivity contribution in [2.24, 2.45) is 0 Å². The molecule has 0 bridgehead atoms. The summed E-state index contributed by atoms with van der Waals surface area (Å²) >= 11 is 7.10. The SMILES string of the molecule is CSc1ccc(Cl)cc1O. The summed E-state index contributed by atoms with van der Waals surface area (Å²) in [6.45, 7) is 0. The highest BCUT2D eigenvalue weighted by Gasteiger charge is 1.97. The normalized spacial score (nSPS) is 9.80. The van der Waals surface area contributed by atoms with E-state index in [0.717, 1.165) is 4.90 Å². The predicted molar refractivity (Wildman–Crippen MR) is 44.9 cm³/mol. The molecule has 10 heavy (non-hydrogen) atoms. The number of benzene rings is 1. The second-order valence-corrected chi connectivity index (χ2v) is 3.10. The van der Waals surface area contributed by atoms with Gasteiger partial charge in [0, 0.05) is 9.92 Å². The third-order valence-corrected chi connectivity index (χ3v) is 2.16. The van der Waals surface area contributed by atoms with Gasteiger partial charge in [-0.25, -0.2) is 0 Å². The predicted octanol–water partition coefficient (Wildman–Crippen LogP) is 2.77. The zero-order chi connectivity index (χ0) is 7.56. The molecule has 0 aromatic heterocycles. The fourth-order valence-electron chi connectivity index (χ4n) is 0.663. The summed E-state index contributed by atoms with van der Waals surface area (Å²) < 4.78 is 0. The molecule has 1 aromatic rings. The van der Waals surface area contributed by atoms with Crippen LogP contribution < -0.4 is 0 Å². The highest BCUT2D eigenvalue weighted by Crippen LogP contribution is 2.28. The molecule has 0 aliphatic carbocycles. The van der Waals surface area contributed by atoms with E-state index in [1.165, 1.54) is 17.8 Å². The summed E-state index contributed by atoms with van der Waals surface area (Å²) in [6.07, 6.45) is 1.91. The van der Waals surface area contributed by atoms with Crippen LogP contribution in [0.4, 0.5) is 0 Å². The minimum atomic E-state index is 0.250. The van der Waals surface area contributed by atoms with Crippen molar-refractivity contribution in [3.05, 3.63) is 23.2 Å². The fraction of sp³-hybridized carbons (Fsp3) is 0.143. The molecule has 0 spiro atoms. The summed E-state index contributed by atoms with van der Waals surface area (Å²) in [7, 11) is 0. The smallest absolute Gasteiger partial charge is 0.130 e. The Hall–Kier alpha value is -0.340. The topological polar surface area (TPSA) is 20.2 Å². The molecule has 1 rings (SSSR count). The lowest BCUT2D eigenvalue weighted by Crippen LogP contribution is -1.71. The van der Waals surface area contributed by atoms with Gasteiger partial charge in [-0.3, -0.25) is 0 Å². The van der Waals surface area contributed by atoms with Crippen LogP contribution in [0.3, 0.4) is 0 Å². The number of hydrogen-bond donors (Lipinski definition) is 1. The maximum atomic E-state index is 9.19. The maximum absolute atomic E-state index is 9.19. The van der Waals surface area contributed by atoms with Crippen molar-refractivity contribution in [3.63, 3.8) is 0 Å². The van der Waals surface area contributed by atoms with Crippen LogP contribution in [-0.2, 0) is 0 Å². The summed E-state index contributed by atoms with van der Waals surface area (Å²) in [5.41, 5.74) is 0. The minimum Gasteiger partial charge on any atom is -0.507 e. The lowest BCUT2D eigenvalue weighted by molar-refractivity contribution is 0.462. The molecule has 1 aromatic carbocycles. The second kappa shape index (κ2) is 3.17. The Morgan fingerprint density at radius 3 is 2.70 bits per heavy atom. The standard InChI is InChI=1S/C7H7ClOS/c1-10-7-3-2-5(8)4-6(7)9/h2-4,9H,1H3. The summed E-state index contributed by atoms with van der Waals surface area (Å²) in [5.74, 6) is 0.250. The minimum absolute atomic E-state index is 0.250. The number of halogens is 1. The van der Waals surface area contributed by atoms with Crippen molar-refractivity contribution in [1.82, 2.24) is 0 Å². The Kier molecular flexibility index (Phi) is 2.46. The van der Waals surface area contributed by atoms with Crippen LogP contribution in [0.5, 0.6) is 5.75 Å². The van der Waals surface area contributed by atoms with Crippen molar-refractivity contribution < 1.29 is 5.11 Å². The van der Waals surface area contributed by atoms with E-state index in [1.54, 1.807) is 12.1 Å². The second-order valence-electron chi connectivity index (χ2n) is 1.82. The van der Waals surface area contributed by atoms with Crippen LogP contribution in [0.15, 0.2) is 23.1 Å². The lowest BCUT2D eigenvalue weighted by Gasteiger charge is -1.98. The number of phenols is 1. The molecule has 0 atom stereocenters. The van der Waals surface area contributed by atoms with Gasteiger partial charge in [-0.05, 0) is 24.5 Å². The highest BCUT2D eigenvalue weighted by molar-refractivity contribution is 7.98. The molecular weight excluding hydrogens is 168 g/mol. The molecule has 0 aliphatic heterocycles. The van der Waals surface area contributed by atoms with E-state index in [9.17, 15) is 5.11 Å². The van der Waals surface area contributed by atoms with Gasteiger partial charge in [0.25, 0.3) is 0 Å².